The molecule has 5 rings (SSSR count). The smallest absolute Gasteiger partial charge is 0.338 e. The lowest BCUT2D eigenvalue weighted by atomic mass is 9.95. The SMILES string of the molecule is CCOC(=O)C1=C(C)N=c2s/c(=C\c3ccc(-c4ccc(C(=O)OCC)cc4)o3)c(=O)n2[C@@H]1c1ccc(OC)cc1OC. The molecule has 11 heteroatoms. The number of rotatable bonds is 9. The highest BCUT2D eigenvalue weighted by Crippen LogP contribution is 2.37. The number of nitrogens with zero attached hydrogens (tertiary/aromatic N) is 2. The molecule has 2 aromatic carbocycles. The summed E-state index contributed by atoms with van der Waals surface area (Å²) >= 11 is 1.19. The minimum atomic E-state index is -0.844. The van der Waals surface area contributed by atoms with E-state index < -0.39 is 18.0 Å². The van der Waals surface area contributed by atoms with Crippen LogP contribution in [0.15, 0.2) is 80.1 Å². The maximum Gasteiger partial charge on any atom is 0.338 e. The molecule has 222 valence electrons. The van der Waals surface area contributed by atoms with Crippen LogP contribution in [0, 0.1) is 0 Å². The summed E-state index contributed by atoms with van der Waals surface area (Å²) in [6.45, 7) is 5.66. The van der Waals surface area contributed by atoms with Gasteiger partial charge in [-0.3, -0.25) is 9.36 Å². The molecule has 1 atom stereocenters. The van der Waals surface area contributed by atoms with Crippen LogP contribution in [0.2, 0.25) is 0 Å². The van der Waals surface area contributed by atoms with Crippen LogP contribution in [-0.2, 0) is 14.3 Å². The zero-order valence-corrected chi connectivity index (χ0v) is 25.2. The van der Waals surface area contributed by atoms with Crippen LogP contribution in [0.1, 0.15) is 48.5 Å². The van der Waals surface area contributed by atoms with Gasteiger partial charge in [-0.05, 0) is 57.2 Å². The number of thiazole rings is 1. The van der Waals surface area contributed by atoms with Crippen molar-refractivity contribution < 1.29 is 33.0 Å². The van der Waals surface area contributed by atoms with Crippen molar-refractivity contribution in [1.82, 2.24) is 4.57 Å². The largest absolute Gasteiger partial charge is 0.497 e. The van der Waals surface area contributed by atoms with E-state index in [1.807, 2.05) is 0 Å². The number of carbonyl (C=O) groups excluding carboxylic acids is 2. The summed E-state index contributed by atoms with van der Waals surface area (Å²) < 4.78 is 29.3. The van der Waals surface area contributed by atoms with Gasteiger partial charge >= 0.3 is 11.9 Å². The Kier molecular flexibility index (Phi) is 8.63. The van der Waals surface area contributed by atoms with E-state index in [2.05, 4.69) is 4.99 Å². The van der Waals surface area contributed by atoms with E-state index in [4.69, 9.17) is 23.4 Å². The zero-order valence-electron chi connectivity index (χ0n) is 24.3. The molecule has 0 aliphatic carbocycles. The first-order valence-corrected chi connectivity index (χ1v) is 14.4. The van der Waals surface area contributed by atoms with E-state index in [0.717, 1.165) is 5.56 Å². The normalized spacial score (nSPS) is 14.6. The topological polar surface area (TPSA) is 119 Å². The summed E-state index contributed by atoms with van der Waals surface area (Å²) in [7, 11) is 3.06. The number of hydrogen-bond donors (Lipinski definition) is 0. The molecule has 0 N–H and O–H groups in total. The first-order chi connectivity index (χ1) is 20.8. The van der Waals surface area contributed by atoms with Gasteiger partial charge in [-0.1, -0.05) is 23.5 Å². The average molecular weight is 603 g/mol. The minimum Gasteiger partial charge on any atom is -0.497 e. The maximum atomic E-state index is 13.9. The molecule has 0 fully saturated rings. The molecular formula is C32H30N2O8S. The van der Waals surface area contributed by atoms with E-state index in [-0.39, 0.29) is 17.7 Å². The maximum absolute atomic E-state index is 13.9. The average Bonchev–Trinajstić information content (AvgIpc) is 3.60. The van der Waals surface area contributed by atoms with Crippen LogP contribution >= 0.6 is 11.3 Å². The van der Waals surface area contributed by atoms with Crippen molar-refractivity contribution in [2.75, 3.05) is 27.4 Å². The molecule has 3 heterocycles. The van der Waals surface area contributed by atoms with Crippen molar-refractivity contribution in [3.63, 3.8) is 0 Å². The number of methoxy groups -OCH3 is 2. The van der Waals surface area contributed by atoms with Gasteiger partial charge in [-0.2, -0.15) is 0 Å². The molecule has 0 amide bonds. The van der Waals surface area contributed by atoms with Crippen molar-refractivity contribution >= 4 is 29.4 Å². The molecular weight excluding hydrogens is 572 g/mol. The second-order valence-corrected chi connectivity index (χ2v) is 10.4. The highest BCUT2D eigenvalue weighted by molar-refractivity contribution is 7.07. The number of furan rings is 1. The van der Waals surface area contributed by atoms with Gasteiger partial charge in [0.25, 0.3) is 5.56 Å². The number of hydrogen-bond acceptors (Lipinski definition) is 10. The molecule has 1 aliphatic heterocycles. The number of carbonyl (C=O) groups is 2. The van der Waals surface area contributed by atoms with E-state index >= 15 is 0 Å². The summed E-state index contributed by atoms with van der Waals surface area (Å²) in [6.07, 6.45) is 1.64. The van der Waals surface area contributed by atoms with E-state index in [9.17, 15) is 14.4 Å². The van der Waals surface area contributed by atoms with Gasteiger partial charge in [0, 0.05) is 23.3 Å². The molecule has 0 bridgehead atoms. The minimum absolute atomic E-state index is 0.166. The summed E-state index contributed by atoms with van der Waals surface area (Å²) in [5.74, 6) is 1.07. The van der Waals surface area contributed by atoms with Gasteiger partial charge in [0.15, 0.2) is 4.80 Å². The molecule has 10 nitrogen and oxygen atoms in total. The van der Waals surface area contributed by atoms with Gasteiger partial charge in [-0.25, -0.2) is 14.6 Å². The number of aromatic nitrogens is 1. The van der Waals surface area contributed by atoms with Crippen LogP contribution < -0.4 is 24.4 Å². The van der Waals surface area contributed by atoms with Crippen LogP contribution in [-0.4, -0.2) is 43.9 Å². The van der Waals surface area contributed by atoms with Crippen LogP contribution in [0.4, 0.5) is 0 Å². The lowest BCUT2D eigenvalue weighted by Gasteiger charge is -2.26. The molecule has 0 saturated heterocycles. The quantitative estimate of drug-likeness (QED) is 0.261. The van der Waals surface area contributed by atoms with Crippen molar-refractivity contribution in [3.8, 4) is 22.8 Å². The standard InChI is InChI=1S/C32H30N2O8S/c1-6-40-30(36)20-10-8-19(9-11-20)24-15-13-22(42-24)17-26-29(35)34-28(23-14-12-21(38-4)16-25(23)39-5)27(31(37)41-7-2)18(3)33-32(34)43-26/h8-17,28H,6-7H2,1-5H3/b26-17-/t28-/m1/s1. The summed E-state index contributed by atoms with van der Waals surface area (Å²) in [4.78, 5) is 44.2. The first kappa shape index (κ1) is 29.6. The first-order valence-electron chi connectivity index (χ1n) is 13.6. The Bertz CT molecular complexity index is 1900. The third kappa shape index (κ3) is 5.76. The van der Waals surface area contributed by atoms with Crippen LogP contribution in [0.5, 0.6) is 11.5 Å². The lowest BCUT2D eigenvalue weighted by molar-refractivity contribution is -0.139. The van der Waals surface area contributed by atoms with Crippen molar-refractivity contribution in [2.45, 2.75) is 26.8 Å². The predicted octanol–water partition coefficient (Wildman–Crippen LogP) is 4.25. The molecule has 0 spiro atoms. The Morgan fingerprint density at radius 1 is 0.977 bits per heavy atom. The van der Waals surface area contributed by atoms with Gasteiger partial charge in [0.2, 0.25) is 0 Å². The third-order valence-electron chi connectivity index (χ3n) is 6.83. The number of ether oxygens (including phenoxy) is 4. The van der Waals surface area contributed by atoms with Gasteiger partial charge < -0.3 is 23.4 Å². The Morgan fingerprint density at radius 3 is 2.37 bits per heavy atom. The van der Waals surface area contributed by atoms with Crippen LogP contribution in [0.3, 0.4) is 0 Å². The fraction of sp³-hybridized carbons (Fsp3) is 0.250. The number of esters is 2. The number of benzene rings is 2. The van der Waals surface area contributed by atoms with Gasteiger partial charge in [0.05, 0.1) is 48.8 Å². The fourth-order valence-corrected chi connectivity index (χ4v) is 5.86. The van der Waals surface area contributed by atoms with Crippen molar-refractivity contribution in [1.29, 1.82) is 0 Å². The van der Waals surface area contributed by atoms with Crippen molar-refractivity contribution in [3.05, 3.63) is 102 Å². The van der Waals surface area contributed by atoms with E-state index in [1.54, 1.807) is 88.6 Å². The Hall–Kier alpha value is -4.90. The molecule has 0 saturated carbocycles. The number of fused-ring (bicyclic) bond motifs is 1. The fourth-order valence-electron chi connectivity index (χ4n) is 4.83. The van der Waals surface area contributed by atoms with Crippen LogP contribution in [0.25, 0.3) is 17.4 Å². The molecule has 4 aromatic rings. The highest BCUT2D eigenvalue weighted by Gasteiger charge is 2.35. The zero-order chi connectivity index (χ0) is 30.7. The van der Waals surface area contributed by atoms with E-state index in [1.165, 1.54) is 23.0 Å². The summed E-state index contributed by atoms with van der Waals surface area (Å²) in [5, 5.41) is 0. The molecule has 0 unspecified atom stereocenters. The molecule has 2 aromatic heterocycles. The van der Waals surface area contributed by atoms with Gasteiger partial charge in [-0.15, -0.1) is 0 Å². The third-order valence-corrected chi connectivity index (χ3v) is 7.82. The second kappa shape index (κ2) is 12.5. The Balaban J connectivity index is 1.58. The Labute approximate surface area is 251 Å². The number of allylic oxidation sites excluding steroid dienone is 1. The predicted molar refractivity (Wildman–Crippen MR) is 160 cm³/mol. The summed E-state index contributed by atoms with van der Waals surface area (Å²) in [6, 6.07) is 14.8. The van der Waals surface area contributed by atoms with E-state index in [0.29, 0.717) is 55.8 Å². The Morgan fingerprint density at radius 2 is 1.70 bits per heavy atom. The second-order valence-electron chi connectivity index (χ2n) is 9.41. The monoisotopic (exact) mass is 602 g/mol. The lowest BCUT2D eigenvalue weighted by Crippen LogP contribution is -2.40. The molecule has 0 radical (unpaired) electrons. The van der Waals surface area contributed by atoms with Crippen molar-refractivity contribution in [2.24, 2.45) is 4.99 Å². The molecule has 43 heavy (non-hydrogen) atoms. The summed E-state index contributed by atoms with van der Waals surface area (Å²) in [5.41, 5.74) is 2.13. The van der Waals surface area contributed by atoms with Gasteiger partial charge in [0.1, 0.15) is 29.1 Å². The molecule has 1 aliphatic rings. The highest BCUT2D eigenvalue weighted by atomic mass is 32.1.